The number of amides is 2. The number of imide groups is 1. The summed E-state index contributed by atoms with van der Waals surface area (Å²) in [5.74, 6) is -0.388. The molecular weight excluding hydrogens is 228 g/mol. The first-order chi connectivity index (χ1) is 8.35. The third-order valence-corrected chi connectivity index (χ3v) is 3.47. The summed E-state index contributed by atoms with van der Waals surface area (Å²) in [6.45, 7) is 13.5. The molecule has 0 spiro atoms. The zero-order valence-corrected chi connectivity index (χ0v) is 12.7. The molecule has 106 valence electrons. The molecule has 2 amide bonds. The van der Waals surface area contributed by atoms with E-state index in [2.05, 4.69) is 24.1 Å². The van der Waals surface area contributed by atoms with Gasteiger partial charge in [-0.25, -0.2) is 0 Å². The first kappa shape index (κ1) is 17.1. The van der Waals surface area contributed by atoms with E-state index >= 15 is 0 Å². The molecule has 1 aliphatic rings. The molecule has 1 saturated heterocycles. The summed E-state index contributed by atoms with van der Waals surface area (Å²) in [5, 5.41) is 2.40. The van der Waals surface area contributed by atoms with Gasteiger partial charge in [0.1, 0.15) is 0 Å². The second-order valence-corrected chi connectivity index (χ2v) is 5.20. The largest absolute Gasteiger partial charge is 0.301 e. The summed E-state index contributed by atoms with van der Waals surface area (Å²) in [5.41, 5.74) is -0.378. The molecule has 0 atom stereocenters. The second kappa shape index (κ2) is 7.52. The molecule has 0 aromatic heterocycles. The number of likely N-dealkylation sites (tertiary alicyclic amines) is 1. The lowest BCUT2D eigenvalue weighted by atomic mass is 9.79. The minimum absolute atomic E-state index is 0.122. The van der Waals surface area contributed by atoms with Crippen molar-refractivity contribution < 1.29 is 9.59 Å². The summed E-state index contributed by atoms with van der Waals surface area (Å²) in [6, 6.07) is 0.528. The topological polar surface area (TPSA) is 49.4 Å². The number of hydrogen-bond donors (Lipinski definition) is 1. The predicted molar refractivity (Wildman–Crippen MR) is 74.2 cm³/mol. The van der Waals surface area contributed by atoms with E-state index in [0.29, 0.717) is 6.04 Å². The van der Waals surface area contributed by atoms with E-state index in [-0.39, 0.29) is 17.2 Å². The molecule has 0 unspecified atom stereocenters. The van der Waals surface area contributed by atoms with E-state index in [0.717, 1.165) is 25.9 Å². The lowest BCUT2D eigenvalue weighted by Crippen LogP contribution is -2.49. The third kappa shape index (κ3) is 4.77. The minimum atomic E-state index is -0.378. The first-order valence-corrected chi connectivity index (χ1v) is 6.91. The lowest BCUT2D eigenvalue weighted by Gasteiger charge is -2.39. The summed E-state index contributed by atoms with van der Waals surface area (Å²) in [6.07, 6.45) is 1.65. The van der Waals surface area contributed by atoms with Crippen molar-refractivity contribution in [2.45, 2.75) is 60.4 Å². The highest BCUT2D eigenvalue weighted by atomic mass is 16.2. The van der Waals surface area contributed by atoms with Crippen molar-refractivity contribution in [2.75, 3.05) is 13.1 Å². The maximum absolute atomic E-state index is 11.9. The van der Waals surface area contributed by atoms with E-state index in [1.807, 2.05) is 20.8 Å². The Balaban J connectivity index is 0.00000137. The van der Waals surface area contributed by atoms with Crippen LogP contribution in [-0.4, -0.2) is 35.8 Å². The Bertz CT molecular complexity index is 280. The van der Waals surface area contributed by atoms with Crippen LogP contribution in [-0.2, 0) is 9.59 Å². The fraction of sp³-hybridized carbons (Fsp3) is 0.857. The highest BCUT2D eigenvalue weighted by Gasteiger charge is 2.37. The standard InChI is InChI=1S/C12H22N2O2.C2H6/c1-9(2)14-7-5-12(4,6-8-14)11(16)13-10(3)15;1-2/h9H,5-8H2,1-4H3,(H,13,15,16);1-2H3. The third-order valence-electron chi connectivity index (χ3n) is 3.47. The molecule has 0 bridgehead atoms. The molecule has 0 saturated carbocycles. The van der Waals surface area contributed by atoms with Gasteiger partial charge in [-0.1, -0.05) is 20.8 Å². The number of carbonyl (C=O) groups excluding carboxylic acids is 2. The van der Waals surface area contributed by atoms with Crippen LogP contribution in [0.5, 0.6) is 0 Å². The molecule has 4 heteroatoms. The SMILES string of the molecule is CC.CC(=O)NC(=O)C1(C)CCN(C(C)C)CC1. The predicted octanol–water partition coefficient (Wildman–Crippen LogP) is 2.19. The summed E-state index contributed by atoms with van der Waals surface area (Å²) >= 11 is 0. The zero-order chi connectivity index (χ0) is 14.3. The minimum Gasteiger partial charge on any atom is -0.301 e. The van der Waals surface area contributed by atoms with E-state index < -0.39 is 0 Å². The second-order valence-electron chi connectivity index (χ2n) is 5.20. The molecule has 0 radical (unpaired) electrons. The van der Waals surface area contributed by atoms with Crippen LogP contribution >= 0.6 is 0 Å². The summed E-state index contributed by atoms with van der Waals surface area (Å²) < 4.78 is 0. The van der Waals surface area contributed by atoms with E-state index in [1.165, 1.54) is 6.92 Å². The Morgan fingerprint density at radius 2 is 1.61 bits per heavy atom. The highest BCUT2D eigenvalue weighted by Crippen LogP contribution is 2.31. The van der Waals surface area contributed by atoms with Crippen molar-refractivity contribution in [3.63, 3.8) is 0 Å². The van der Waals surface area contributed by atoms with Crippen LogP contribution < -0.4 is 5.32 Å². The Kier molecular flexibility index (Phi) is 7.14. The first-order valence-electron chi connectivity index (χ1n) is 6.91. The normalized spacial score (nSPS) is 18.8. The van der Waals surface area contributed by atoms with Crippen molar-refractivity contribution in [1.29, 1.82) is 0 Å². The van der Waals surface area contributed by atoms with Crippen LogP contribution in [0.25, 0.3) is 0 Å². The van der Waals surface area contributed by atoms with Gasteiger partial charge in [-0.2, -0.15) is 0 Å². The number of nitrogens with one attached hydrogen (secondary N) is 1. The molecule has 1 fully saturated rings. The van der Waals surface area contributed by atoms with Crippen LogP contribution in [0.3, 0.4) is 0 Å². The van der Waals surface area contributed by atoms with Gasteiger partial charge in [0.2, 0.25) is 11.8 Å². The fourth-order valence-corrected chi connectivity index (χ4v) is 2.07. The molecule has 1 rings (SSSR count). The van der Waals surface area contributed by atoms with Crippen molar-refractivity contribution in [3.8, 4) is 0 Å². The van der Waals surface area contributed by atoms with Gasteiger partial charge in [0, 0.05) is 18.4 Å². The van der Waals surface area contributed by atoms with Crippen LogP contribution in [0, 0.1) is 5.41 Å². The monoisotopic (exact) mass is 256 g/mol. The highest BCUT2D eigenvalue weighted by molar-refractivity contribution is 5.96. The Morgan fingerprint density at radius 3 is 1.94 bits per heavy atom. The molecule has 4 nitrogen and oxygen atoms in total. The fourth-order valence-electron chi connectivity index (χ4n) is 2.07. The quantitative estimate of drug-likeness (QED) is 0.824. The Labute approximate surface area is 111 Å². The van der Waals surface area contributed by atoms with Gasteiger partial charge >= 0.3 is 0 Å². The molecular formula is C14H28N2O2. The van der Waals surface area contributed by atoms with Crippen molar-refractivity contribution in [1.82, 2.24) is 10.2 Å². The van der Waals surface area contributed by atoms with E-state index in [1.54, 1.807) is 0 Å². The molecule has 1 aliphatic heterocycles. The van der Waals surface area contributed by atoms with Crippen molar-refractivity contribution in [3.05, 3.63) is 0 Å². The van der Waals surface area contributed by atoms with Gasteiger partial charge in [-0.3, -0.25) is 14.9 Å². The number of hydrogen-bond acceptors (Lipinski definition) is 3. The lowest BCUT2D eigenvalue weighted by molar-refractivity contribution is -0.137. The Morgan fingerprint density at radius 1 is 1.17 bits per heavy atom. The molecule has 18 heavy (non-hydrogen) atoms. The van der Waals surface area contributed by atoms with Crippen molar-refractivity contribution >= 4 is 11.8 Å². The average molecular weight is 256 g/mol. The van der Waals surface area contributed by atoms with Crippen molar-refractivity contribution in [2.24, 2.45) is 5.41 Å². The molecule has 0 aromatic rings. The maximum atomic E-state index is 11.9. The molecule has 1 N–H and O–H groups in total. The molecule has 0 aromatic carbocycles. The summed E-state index contributed by atoms with van der Waals surface area (Å²) in [7, 11) is 0. The maximum Gasteiger partial charge on any atom is 0.232 e. The van der Waals surface area contributed by atoms with Gasteiger partial charge in [0.25, 0.3) is 0 Å². The number of piperidine rings is 1. The van der Waals surface area contributed by atoms with Gasteiger partial charge in [0.15, 0.2) is 0 Å². The van der Waals surface area contributed by atoms with Gasteiger partial charge in [-0.15, -0.1) is 0 Å². The van der Waals surface area contributed by atoms with Crippen LogP contribution in [0.15, 0.2) is 0 Å². The zero-order valence-electron chi connectivity index (χ0n) is 12.7. The van der Waals surface area contributed by atoms with E-state index in [4.69, 9.17) is 0 Å². The molecule has 0 aliphatic carbocycles. The number of nitrogens with zero attached hydrogens (tertiary/aromatic N) is 1. The average Bonchev–Trinajstić information content (AvgIpc) is 2.31. The van der Waals surface area contributed by atoms with Crippen LogP contribution in [0.1, 0.15) is 54.4 Å². The number of carbonyl (C=O) groups is 2. The smallest absolute Gasteiger partial charge is 0.232 e. The Hall–Kier alpha value is -0.900. The van der Waals surface area contributed by atoms with Gasteiger partial charge in [-0.05, 0) is 39.8 Å². The summed E-state index contributed by atoms with van der Waals surface area (Å²) in [4.78, 5) is 25.1. The van der Waals surface area contributed by atoms with E-state index in [9.17, 15) is 9.59 Å². The molecule has 1 heterocycles. The van der Waals surface area contributed by atoms with Crippen LogP contribution in [0.4, 0.5) is 0 Å². The van der Waals surface area contributed by atoms with Gasteiger partial charge in [0.05, 0.1) is 0 Å². The van der Waals surface area contributed by atoms with Crippen LogP contribution in [0.2, 0.25) is 0 Å². The van der Waals surface area contributed by atoms with Gasteiger partial charge < -0.3 is 4.90 Å². The number of rotatable bonds is 2.